The van der Waals surface area contributed by atoms with Gasteiger partial charge in [0.2, 0.25) is 0 Å². The van der Waals surface area contributed by atoms with Crippen molar-refractivity contribution in [3.05, 3.63) is 407 Å². The van der Waals surface area contributed by atoms with Crippen LogP contribution in [0.2, 0.25) is 0 Å². The van der Waals surface area contributed by atoms with E-state index in [0.717, 1.165) is 77.0 Å². The molecule has 0 spiro atoms. The van der Waals surface area contributed by atoms with Crippen molar-refractivity contribution in [2.75, 3.05) is 14.7 Å². The molecule has 6 heterocycles. The molecule has 0 atom stereocenters. The molecule has 0 fully saturated rings. The highest BCUT2D eigenvalue weighted by molar-refractivity contribution is 6.05. The fourth-order valence-electron chi connectivity index (χ4n) is 21.7. The Morgan fingerprint density at radius 2 is 0.333 bits per heavy atom. The Morgan fingerprint density at radius 3 is 0.674 bits per heavy atom. The van der Waals surface area contributed by atoms with E-state index in [4.69, 9.17) is 0 Å². The van der Waals surface area contributed by atoms with Gasteiger partial charge in [-0.3, -0.25) is 0 Å². The summed E-state index contributed by atoms with van der Waals surface area (Å²) in [5, 5.41) is 0. The van der Waals surface area contributed by atoms with Gasteiger partial charge in [-0.15, -0.1) is 0 Å². The van der Waals surface area contributed by atoms with Crippen LogP contribution in [0.4, 0.5) is 51.2 Å². The highest BCUT2D eigenvalue weighted by Gasteiger charge is 2.42. The van der Waals surface area contributed by atoms with Crippen molar-refractivity contribution in [1.82, 2.24) is 0 Å². The number of benzene rings is 15. The predicted molar refractivity (Wildman–Crippen MR) is 600 cm³/mol. The Labute approximate surface area is 818 Å². The van der Waals surface area contributed by atoms with E-state index in [1.165, 1.54) is 251 Å². The molecule has 702 valence electrons. The van der Waals surface area contributed by atoms with Gasteiger partial charge >= 0.3 is 0 Å². The zero-order valence-electron chi connectivity index (χ0n) is 88.3. The van der Waals surface area contributed by atoms with Gasteiger partial charge in [-0.25, -0.2) is 0 Å². The van der Waals surface area contributed by atoms with Crippen LogP contribution in [0.5, 0.6) is 0 Å². The Bertz CT molecular complexity index is 6390. The second-order valence-corrected chi connectivity index (χ2v) is 31.5. The number of hydrogen-bond acceptors (Lipinski definition) is 3. The Kier molecular flexibility index (Phi) is 38.6. The summed E-state index contributed by atoms with van der Waals surface area (Å²) in [6.45, 7) is 60.0. The molecule has 6 aliphatic carbocycles. The van der Waals surface area contributed by atoms with Gasteiger partial charge in [0.25, 0.3) is 0 Å². The normalized spacial score (nSPS) is 12.3. The third kappa shape index (κ3) is 18.9. The molecule has 15 aromatic rings. The van der Waals surface area contributed by atoms with Gasteiger partial charge < -0.3 is 14.7 Å². The monoisotopic (exact) mass is 1790 g/mol. The van der Waals surface area contributed by atoms with Crippen molar-refractivity contribution in [3.63, 3.8) is 0 Å². The third-order valence-corrected chi connectivity index (χ3v) is 26.0. The second kappa shape index (κ2) is 49.8. The maximum atomic E-state index is 2.65. The lowest BCUT2D eigenvalue weighted by atomic mass is 9.82. The SMILES string of the molecule is CC.CC.CC.CC.CC.CC.CC.CC.CC.CC.CC.CC.CC.CC.CC.c1ccc2c(c1)Cc1cc3c(cc1-2)Cc1cccc2c1N3c1c(ccc3c1-c1ccccc1C3)C2.c1ccc2c(c1)Cc1cc3c(cc1-2)N1c2c(cccc2Cc2ccc4c(c21)-c1ccccc1C4)C3.c1ccc2c(c1)Cc1ccc3c(c1-2)Cc1cccc2c1N3c1c(ccc3c1-c1ccccc1C3)C2. The molecule has 0 unspecified atom stereocenters. The van der Waals surface area contributed by atoms with Crippen molar-refractivity contribution in [2.24, 2.45) is 0 Å². The molecule has 3 heteroatoms. The molecule has 0 bridgehead atoms. The lowest BCUT2D eigenvalue weighted by molar-refractivity contribution is 1.01. The molecule has 0 radical (unpaired) electrons. The smallest absolute Gasteiger partial charge is 0.0578 e. The summed E-state index contributed by atoms with van der Waals surface area (Å²) in [6.07, 6.45) is 12.3. The fraction of sp³-hybridized carbons (Fsp3) is 0.318. The Balaban J connectivity index is 0.000000184. The first-order valence-electron chi connectivity index (χ1n) is 53.1. The van der Waals surface area contributed by atoms with Crippen LogP contribution in [0.25, 0.3) is 66.8 Å². The molecule has 6 aliphatic heterocycles. The number of fused-ring (bicyclic) bond motifs is 34. The molecule has 27 rings (SSSR count). The highest BCUT2D eigenvalue weighted by Crippen LogP contribution is 2.62. The quantitative estimate of drug-likeness (QED) is 0.150. The van der Waals surface area contributed by atoms with E-state index < -0.39 is 0 Å². The summed E-state index contributed by atoms with van der Waals surface area (Å²) in [5.41, 5.74) is 64.9. The van der Waals surface area contributed by atoms with Gasteiger partial charge in [0.1, 0.15) is 0 Å². The summed E-state index contributed by atoms with van der Waals surface area (Å²) in [4.78, 5) is 7.93. The van der Waals surface area contributed by atoms with E-state index >= 15 is 0 Å². The summed E-state index contributed by atoms with van der Waals surface area (Å²) in [7, 11) is 0. The van der Waals surface area contributed by atoms with Gasteiger partial charge in [-0.05, 0) is 246 Å². The molecular weight excluding hydrogens is 1630 g/mol. The van der Waals surface area contributed by atoms with Crippen LogP contribution in [0.3, 0.4) is 0 Å². The summed E-state index contributed by atoms with van der Waals surface area (Å²) < 4.78 is 0. The van der Waals surface area contributed by atoms with Crippen molar-refractivity contribution in [1.29, 1.82) is 0 Å². The first kappa shape index (κ1) is 105. The van der Waals surface area contributed by atoms with Crippen LogP contribution in [0.15, 0.2) is 273 Å². The molecule has 12 aliphatic rings. The molecule has 0 saturated heterocycles. The summed E-state index contributed by atoms with van der Waals surface area (Å²) in [6, 6.07) is 104. The third-order valence-electron chi connectivity index (χ3n) is 26.0. The number of nitrogens with zero attached hydrogens (tertiary/aromatic N) is 3. The van der Waals surface area contributed by atoms with Gasteiger partial charge in [-0.2, -0.15) is 0 Å². The molecule has 0 saturated carbocycles. The Hall–Kier alpha value is -12.3. The standard InChI is InChI=1S/3C34H23N.15C2H6/c1-3-10-28-20(6-1)15-26-19-31-27(18-30(26)28)17-24-9-5-8-23-16-25-13-12-22-14-21-7-2-4-11-29(21)32(22)34(25)35(31)33(23)24;1-3-10-28-20(6-1)15-26-18-27-17-24-9-5-8-23-16-25-13-12-22-14-21-7-2-4-11-29(21)32(22)34(25)35(33(23)24)31(27)19-30(26)28;1-3-10-27-20(6-1)16-22-14-15-30-29(31(22)27)19-25-9-5-8-24-18-26-13-12-23-17-21-7-2-4-11-28(21)32(23)34(26)35(30)33(24)25;15*1-2/h2*1-13,18-19H,14-17H2;1-15H,16-19H2;15*1-2H3. The lowest BCUT2D eigenvalue weighted by Crippen LogP contribution is -2.25. The zero-order chi connectivity index (χ0) is 98.0. The van der Waals surface area contributed by atoms with Gasteiger partial charge in [0.05, 0.1) is 51.2 Å². The minimum atomic E-state index is 1.01. The molecule has 0 N–H and O–H groups in total. The van der Waals surface area contributed by atoms with Crippen molar-refractivity contribution in [2.45, 2.75) is 285 Å². The van der Waals surface area contributed by atoms with Crippen molar-refractivity contribution in [3.8, 4) is 66.8 Å². The molecule has 135 heavy (non-hydrogen) atoms. The summed E-state index contributed by atoms with van der Waals surface area (Å²) in [5.74, 6) is 0. The Morgan fingerprint density at radius 1 is 0.126 bits per heavy atom. The number of anilines is 9. The number of para-hydroxylation sites is 3. The number of rotatable bonds is 0. The minimum absolute atomic E-state index is 1.01. The van der Waals surface area contributed by atoms with Crippen LogP contribution in [0, 0.1) is 0 Å². The van der Waals surface area contributed by atoms with Crippen molar-refractivity contribution >= 4 is 51.2 Å². The van der Waals surface area contributed by atoms with E-state index in [-0.39, 0.29) is 0 Å². The van der Waals surface area contributed by atoms with Gasteiger partial charge in [-0.1, -0.05) is 456 Å². The molecule has 15 aromatic carbocycles. The first-order chi connectivity index (χ1) is 67.0. The second-order valence-electron chi connectivity index (χ2n) is 31.5. The summed E-state index contributed by atoms with van der Waals surface area (Å²) >= 11 is 0. The zero-order valence-corrected chi connectivity index (χ0v) is 88.3. The van der Waals surface area contributed by atoms with Crippen LogP contribution in [-0.4, -0.2) is 0 Å². The molecular formula is C132H159N3. The molecule has 0 amide bonds. The fourth-order valence-corrected chi connectivity index (χ4v) is 21.7. The molecule has 3 nitrogen and oxygen atoms in total. The average molecular weight is 1790 g/mol. The van der Waals surface area contributed by atoms with E-state index in [0.29, 0.717) is 0 Å². The predicted octanol–water partition coefficient (Wildman–Crippen LogP) is 39.7. The maximum Gasteiger partial charge on any atom is 0.0578 e. The largest absolute Gasteiger partial charge is 0.309 e. The topological polar surface area (TPSA) is 9.72 Å². The maximum absolute atomic E-state index is 2.65. The van der Waals surface area contributed by atoms with Crippen LogP contribution in [0.1, 0.15) is 341 Å². The van der Waals surface area contributed by atoms with Crippen LogP contribution in [-0.2, 0) is 77.0 Å². The number of hydrogen-bond donors (Lipinski definition) is 0. The minimum Gasteiger partial charge on any atom is -0.309 e. The first-order valence-corrected chi connectivity index (χ1v) is 53.1. The van der Waals surface area contributed by atoms with Crippen LogP contribution < -0.4 is 14.7 Å². The van der Waals surface area contributed by atoms with E-state index in [1.807, 2.05) is 208 Å². The molecule has 0 aromatic heterocycles. The highest BCUT2D eigenvalue weighted by atomic mass is 15.2. The average Bonchev–Trinajstić information content (AvgIpc) is 1.68. The van der Waals surface area contributed by atoms with E-state index in [9.17, 15) is 0 Å². The van der Waals surface area contributed by atoms with Crippen molar-refractivity contribution < 1.29 is 0 Å². The van der Waals surface area contributed by atoms with E-state index in [2.05, 4.69) is 288 Å². The van der Waals surface area contributed by atoms with Gasteiger partial charge in [0, 0.05) is 55.2 Å². The van der Waals surface area contributed by atoms with Gasteiger partial charge in [0.15, 0.2) is 0 Å². The van der Waals surface area contributed by atoms with Crippen LogP contribution >= 0.6 is 0 Å². The lowest BCUT2D eigenvalue weighted by Gasteiger charge is -2.41. The van der Waals surface area contributed by atoms with E-state index in [1.54, 1.807) is 0 Å².